The molecule has 7 heteroatoms. The molecule has 0 bridgehead atoms. The van der Waals surface area contributed by atoms with Crippen LogP contribution in [0, 0.1) is 5.92 Å². The molecule has 2 aromatic heterocycles. The van der Waals surface area contributed by atoms with E-state index < -0.39 is 0 Å². The van der Waals surface area contributed by atoms with E-state index in [1.54, 1.807) is 11.3 Å². The topological polar surface area (TPSA) is 78.3 Å². The molecule has 6 nitrogen and oxygen atoms in total. The van der Waals surface area contributed by atoms with Gasteiger partial charge in [-0.2, -0.15) is 9.61 Å². The zero-order chi connectivity index (χ0) is 13.2. The van der Waals surface area contributed by atoms with Gasteiger partial charge in [-0.15, -0.1) is 10.2 Å². The lowest BCUT2D eigenvalue weighted by molar-refractivity contribution is 0.103. The minimum atomic E-state index is 0.0569. The number of hydrogen-bond acceptors (Lipinski definition) is 6. The lowest BCUT2D eigenvalue weighted by Gasteiger charge is -2.08. The maximum atomic E-state index is 5.75. The Kier molecular flexibility index (Phi) is 3.76. The summed E-state index contributed by atoms with van der Waals surface area (Å²) in [6, 6.07) is 0. The minimum Gasteiger partial charge on any atom is -0.370 e. The Balaban J connectivity index is 1.84. The predicted molar refractivity (Wildman–Crippen MR) is 73.1 cm³/mol. The number of hydrogen-bond donors (Lipinski definition) is 1. The molecule has 0 saturated carbocycles. The Morgan fingerprint density at radius 3 is 3.11 bits per heavy atom. The first kappa shape index (κ1) is 13.0. The van der Waals surface area contributed by atoms with E-state index in [9.17, 15) is 0 Å². The average molecular weight is 281 g/mol. The van der Waals surface area contributed by atoms with Gasteiger partial charge in [-0.1, -0.05) is 24.7 Å². The first-order valence-corrected chi connectivity index (χ1v) is 7.66. The number of rotatable bonds is 5. The van der Waals surface area contributed by atoms with Crippen LogP contribution in [0.4, 0.5) is 0 Å². The molecule has 0 spiro atoms. The molecule has 0 aliphatic carbocycles. The molecule has 2 N–H and O–H groups in total. The molecule has 1 saturated heterocycles. The lowest BCUT2D eigenvalue weighted by Crippen LogP contribution is -2.16. The summed E-state index contributed by atoms with van der Waals surface area (Å²) in [4.78, 5) is 0.854. The van der Waals surface area contributed by atoms with E-state index in [2.05, 4.69) is 22.2 Å². The van der Waals surface area contributed by atoms with Crippen molar-refractivity contribution in [1.29, 1.82) is 0 Å². The molecule has 3 heterocycles. The maximum absolute atomic E-state index is 5.75. The normalized spacial score (nSPS) is 21.3. The molecule has 2 unspecified atom stereocenters. The van der Waals surface area contributed by atoms with Gasteiger partial charge in [-0.25, -0.2) is 0 Å². The highest BCUT2D eigenvalue weighted by Gasteiger charge is 2.25. The number of ether oxygens (including phenoxy) is 1. The highest BCUT2D eigenvalue weighted by Crippen LogP contribution is 2.28. The van der Waals surface area contributed by atoms with Gasteiger partial charge in [0.2, 0.25) is 4.96 Å². The van der Waals surface area contributed by atoms with Gasteiger partial charge < -0.3 is 10.5 Å². The molecule has 19 heavy (non-hydrogen) atoms. The van der Waals surface area contributed by atoms with Crippen molar-refractivity contribution in [3.63, 3.8) is 0 Å². The van der Waals surface area contributed by atoms with Crippen molar-refractivity contribution in [2.45, 2.75) is 38.7 Å². The standard InChI is InChI=1S/C12H19N5OS/c1-2-8(7-13)6-10-16-17-11(9-4-3-5-18-9)14-15-12(17)19-10/h8-9H,2-7,13H2,1H3. The molecular formula is C12H19N5OS. The molecule has 0 radical (unpaired) electrons. The van der Waals surface area contributed by atoms with Crippen LogP contribution in [0.5, 0.6) is 0 Å². The summed E-state index contributed by atoms with van der Waals surface area (Å²) in [5, 5.41) is 14.1. The highest BCUT2D eigenvalue weighted by atomic mass is 32.1. The Hall–Kier alpha value is -1.05. The number of nitrogens with zero attached hydrogens (tertiary/aromatic N) is 4. The van der Waals surface area contributed by atoms with Crippen molar-refractivity contribution >= 4 is 16.3 Å². The summed E-state index contributed by atoms with van der Waals surface area (Å²) in [7, 11) is 0. The van der Waals surface area contributed by atoms with Crippen molar-refractivity contribution < 1.29 is 4.74 Å². The van der Waals surface area contributed by atoms with E-state index in [0.717, 1.165) is 48.1 Å². The van der Waals surface area contributed by atoms with Crippen molar-refractivity contribution in [2.24, 2.45) is 11.7 Å². The fourth-order valence-corrected chi connectivity index (χ4v) is 3.33. The molecule has 2 atom stereocenters. The fraction of sp³-hybridized carbons (Fsp3) is 0.750. The van der Waals surface area contributed by atoms with Gasteiger partial charge in [0.25, 0.3) is 0 Å². The zero-order valence-corrected chi connectivity index (χ0v) is 11.9. The SMILES string of the molecule is CCC(CN)Cc1nn2c(C3CCCO3)nnc2s1. The van der Waals surface area contributed by atoms with Gasteiger partial charge in [0, 0.05) is 13.0 Å². The van der Waals surface area contributed by atoms with Gasteiger partial charge >= 0.3 is 0 Å². The summed E-state index contributed by atoms with van der Waals surface area (Å²) < 4.78 is 7.51. The Morgan fingerprint density at radius 2 is 2.42 bits per heavy atom. The van der Waals surface area contributed by atoms with Crippen molar-refractivity contribution in [3.8, 4) is 0 Å². The molecule has 2 aromatic rings. The monoisotopic (exact) mass is 281 g/mol. The molecule has 104 valence electrons. The average Bonchev–Trinajstić information content (AvgIpc) is 3.11. The van der Waals surface area contributed by atoms with E-state index in [-0.39, 0.29) is 6.10 Å². The molecule has 0 amide bonds. The third-order valence-corrected chi connectivity index (χ3v) is 4.57. The fourth-order valence-electron chi connectivity index (χ4n) is 2.38. The summed E-state index contributed by atoms with van der Waals surface area (Å²) in [5.74, 6) is 1.34. The predicted octanol–water partition coefficient (Wildman–Crippen LogP) is 1.56. The Labute approximate surface area is 116 Å². The summed E-state index contributed by atoms with van der Waals surface area (Å²) in [6.45, 7) is 3.67. The van der Waals surface area contributed by atoms with Crippen molar-refractivity contribution in [2.75, 3.05) is 13.2 Å². The van der Waals surface area contributed by atoms with Crippen LogP contribution >= 0.6 is 11.3 Å². The molecule has 1 aliphatic heterocycles. The minimum absolute atomic E-state index is 0.0569. The first-order chi connectivity index (χ1) is 9.31. The second-order valence-electron chi connectivity index (χ2n) is 4.96. The molecule has 3 rings (SSSR count). The summed E-state index contributed by atoms with van der Waals surface area (Å²) >= 11 is 1.60. The summed E-state index contributed by atoms with van der Waals surface area (Å²) in [6.07, 6.45) is 4.15. The van der Waals surface area contributed by atoms with E-state index in [0.29, 0.717) is 12.5 Å². The van der Waals surface area contributed by atoms with Gasteiger partial charge in [-0.3, -0.25) is 0 Å². The van der Waals surface area contributed by atoms with Crippen LogP contribution < -0.4 is 5.73 Å². The number of fused-ring (bicyclic) bond motifs is 1. The van der Waals surface area contributed by atoms with Gasteiger partial charge in [0.1, 0.15) is 11.1 Å². The van der Waals surface area contributed by atoms with Gasteiger partial charge in [-0.05, 0) is 25.3 Å². The van der Waals surface area contributed by atoms with Gasteiger partial charge in [0.15, 0.2) is 5.82 Å². The molecule has 1 fully saturated rings. The van der Waals surface area contributed by atoms with Crippen LogP contribution in [-0.4, -0.2) is 33.0 Å². The maximum Gasteiger partial charge on any atom is 0.234 e. The summed E-state index contributed by atoms with van der Waals surface area (Å²) in [5.41, 5.74) is 5.75. The quantitative estimate of drug-likeness (QED) is 0.900. The van der Waals surface area contributed by atoms with E-state index in [1.807, 2.05) is 4.52 Å². The van der Waals surface area contributed by atoms with Crippen LogP contribution in [-0.2, 0) is 11.2 Å². The number of aromatic nitrogens is 4. The Bertz CT molecular complexity index is 541. The highest BCUT2D eigenvalue weighted by molar-refractivity contribution is 7.16. The third kappa shape index (κ3) is 2.50. The molecule has 0 aromatic carbocycles. The Morgan fingerprint density at radius 1 is 1.53 bits per heavy atom. The van der Waals surface area contributed by atoms with Crippen LogP contribution in [0.3, 0.4) is 0 Å². The second-order valence-corrected chi connectivity index (χ2v) is 6.00. The van der Waals surface area contributed by atoms with E-state index >= 15 is 0 Å². The van der Waals surface area contributed by atoms with E-state index in [1.165, 1.54) is 0 Å². The smallest absolute Gasteiger partial charge is 0.234 e. The lowest BCUT2D eigenvalue weighted by atomic mass is 10.0. The largest absolute Gasteiger partial charge is 0.370 e. The molecule has 1 aliphatic rings. The van der Waals surface area contributed by atoms with E-state index in [4.69, 9.17) is 10.5 Å². The van der Waals surface area contributed by atoms with Crippen LogP contribution in [0.15, 0.2) is 0 Å². The van der Waals surface area contributed by atoms with Crippen LogP contribution in [0.25, 0.3) is 4.96 Å². The third-order valence-electron chi connectivity index (χ3n) is 3.65. The molecular weight excluding hydrogens is 262 g/mol. The second kappa shape index (κ2) is 5.52. The zero-order valence-electron chi connectivity index (χ0n) is 11.1. The van der Waals surface area contributed by atoms with Crippen LogP contribution in [0.2, 0.25) is 0 Å². The number of nitrogens with two attached hydrogens (primary N) is 1. The van der Waals surface area contributed by atoms with Crippen molar-refractivity contribution in [1.82, 2.24) is 19.8 Å². The first-order valence-electron chi connectivity index (χ1n) is 6.84. The van der Waals surface area contributed by atoms with Crippen molar-refractivity contribution in [3.05, 3.63) is 10.8 Å². The van der Waals surface area contributed by atoms with Crippen LogP contribution in [0.1, 0.15) is 43.1 Å². The van der Waals surface area contributed by atoms with Gasteiger partial charge in [0.05, 0.1) is 0 Å².